The van der Waals surface area contributed by atoms with Crippen molar-refractivity contribution >= 4 is 17.7 Å². The first-order valence-corrected chi connectivity index (χ1v) is 7.90. The van der Waals surface area contributed by atoms with Crippen molar-refractivity contribution in [3.8, 4) is 5.75 Å². The topological polar surface area (TPSA) is 114 Å². The van der Waals surface area contributed by atoms with Crippen LogP contribution in [0.2, 0.25) is 0 Å². The molecule has 2 rings (SSSR count). The van der Waals surface area contributed by atoms with Gasteiger partial charge in [0, 0.05) is 11.3 Å². The molecule has 0 aliphatic rings. The maximum absolute atomic E-state index is 11.9. The summed E-state index contributed by atoms with van der Waals surface area (Å²) >= 11 is 0. The van der Waals surface area contributed by atoms with Crippen LogP contribution in [0.25, 0.3) is 0 Å². The van der Waals surface area contributed by atoms with Crippen molar-refractivity contribution in [2.45, 2.75) is 20.4 Å². The number of nitrogens with one attached hydrogen (secondary N) is 3. The molecule has 1 heterocycles. The van der Waals surface area contributed by atoms with Gasteiger partial charge >= 0.3 is 0 Å². The normalized spacial score (nSPS) is 10.1. The van der Waals surface area contributed by atoms with E-state index in [4.69, 9.17) is 4.74 Å². The Hall–Kier alpha value is -3.36. The van der Waals surface area contributed by atoms with E-state index in [1.54, 1.807) is 24.3 Å². The molecule has 0 radical (unpaired) electrons. The average molecular weight is 359 g/mol. The number of carbonyl (C=O) groups excluding carboxylic acids is 3. The van der Waals surface area contributed by atoms with Crippen LogP contribution in [0.15, 0.2) is 30.3 Å². The van der Waals surface area contributed by atoms with Crippen LogP contribution in [0, 0.1) is 13.8 Å². The highest BCUT2D eigenvalue weighted by Crippen LogP contribution is 2.10. The zero-order valence-corrected chi connectivity index (χ0v) is 14.8. The molecule has 9 nitrogen and oxygen atoms in total. The number of amides is 3. The van der Waals surface area contributed by atoms with Crippen LogP contribution in [0.3, 0.4) is 0 Å². The van der Waals surface area contributed by atoms with Gasteiger partial charge in [-0.1, -0.05) is 0 Å². The molecule has 0 spiro atoms. The summed E-state index contributed by atoms with van der Waals surface area (Å²) in [6.45, 7) is 3.37. The van der Waals surface area contributed by atoms with E-state index < -0.39 is 17.7 Å². The molecule has 2 aromatic rings. The molecule has 0 aliphatic heterocycles. The summed E-state index contributed by atoms with van der Waals surface area (Å²) in [5.74, 6) is -0.749. The van der Waals surface area contributed by atoms with Gasteiger partial charge in [0.1, 0.15) is 12.3 Å². The van der Waals surface area contributed by atoms with Crippen molar-refractivity contribution in [3.63, 3.8) is 0 Å². The predicted octanol–water partition coefficient (Wildman–Crippen LogP) is 0.0859. The maximum Gasteiger partial charge on any atom is 0.260 e. The third kappa shape index (κ3) is 5.33. The molecule has 0 unspecified atom stereocenters. The number of hydrogen-bond acceptors (Lipinski definition) is 5. The Labute approximate surface area is 150 Å². The van der Waals surface area contributed by atoms with E-state index in [0.717, 1.165) is 11.4 Å². The van der Waals surface area contributed by atoms with Crippen molar-refractivity contribution < 1.29 is 19.1 Å². The Balaban J connectivity index is 1.73. The highest BCUT2D eigenvalue weighted by Gasteiger charge is 2.10. The number of hydrazine groups is 1. The molecule has 0 saturated heterocycles. The number of benzene rings is 1. The summed E-state index contributed by atoms with van der Waals surface area (Å²) in [6.07, 6.45) is 0. The Kier molecular flexibility index (Phi) is 6.31. The van der Waals surface area contributed by atoms with Crippen molar-refractivity contribution in [1.82, 2.24) is 25.9 Å². The van der Waals surface area contributed by atoms with E-state index in [0.29, 0.717) is 11.3 Å². The molecule has 1 aromatic carbocycles. The number of carbonyl (C=O) groups is 3. The van der Waals surface area contributed by atoms with Crippen LogP contribution in [-0.4, -0.2) is 41.2 Å². The van der Waals surface area contributed by atoms with Crippen LogP contribution >= 0.6 is 0 Å². The average Bonchev–Trinajstić information content (AvgIpc) is 2.94. The quantitative estimate of drug-likeness (QED) is 0.632. The van der Waals surface area contributed by atoms with Crippen molar-refractivity contribution in [2.24, 2.45) is 0 Å². The van der Waals surface area contributed by atoms with Crippen molar-refractivity contribution in [3.05, 3.63) is 47.3 Å². The molecule has 3 amide bonds. The second-order valence-corrected chi connectivity index (χ2v) is 5.59. The fourth-order valence-electron chi connectivity index (χ4n) is 2.20. The van der Waals surface area contributed by atoms with Crippen molar-refractivity contribution in [2.75, 3.05) is 13.7 Å². The molecule has 26 heavy (non-hydrogen) atoms. The number of ether oxygens (including phenoxy) is 1. The fraction of sp³-hybridized carbons (Fsp3) is 0.294. The van der Waals surface area contributed by atoms with E-state index >= 15 is 0 Å². The molecule has 3 N–H and O–H groups in total. The summed E-state index contributed by atoms with van der Waals surface area (Å²) in [4.78, 5) is 35.5. The first kappa shape index (κ1) is 19.0. The Morgan fingerprint density at radius 3 is 2.31 bits per heavy atom. The zero-order chi connectivity index (χ0) is 19.1. The standard InChI is InChI=1S/C17H21N5O4/c1-11-8-12(2)22(21-11)10-16(24)20-19-15(23)9-18-17(25)13-4-6-14(26-3)7-5-13/h4-8H,9-10H2,1-3H3,(H,18,25)(H,19,23)(H,20,24). The van der Waals surface area contributed by atoms with E-state index in [-0.39, 0.29) is 13.1 Å². The summed E-state index contributed by atoms with van der Waals surface area (Å²) < 4.78 is 6.54. The fourth-order valence-corrected chi connectivity index (χ4v) is 2.20. The minimum absolute atomic E-state index is 0.0157. The summed E-state index contributed by atoms with van der Waals surface area (Å²) in [6, 6.07) is 8.31. The number of aryl methyl sites for hydroxylation is 2. The molecule has 9 heteroatoms. The van der Waals surface area contributed by atoms with Crippen molar-refractivity contribution in [1.29, 1.82) is 0 Å². The Morgan fingerprint density at radius 1 is 1.08 bits per heavy atom. The van der Waals surface area contributed by atoms with E-state index in [2.05, 4.69) is 21.3 Å². The predicted molar refractivity (Wildman–Crippen MR) is 93.3 cm³/mol. The van der Waals surface area contributed by atoms with E-state index in [1.807, 2.05) is 19.9 Å². The maximum atomic E-state index is 11.9. The minimum Gasteiger partial charge on any atom is -0.497 e. The zero-order valence-electron chi connectivity index (χ0n) is 14.8. The molecule has 138 valence electrons. The molecular weight excluding hydrogens is 338 g/mol. The second kappa shape index (κ2) is 8.65. The third-order valence-electron chi connectivity index (χ3n) is 3.50. The smallest absolute Gasteiger partial charge is 0.260 e. The molecule has 0 atom stereocenters. The van der Waals surface area contributed by atoms with Gasteiger partial charge in [-0.2, -0.15) is 5.10 Å². The lowest BCUT2D eigenvalue weighted by Crippen LogP contribution is -2.47. The summed E-state index contributed by atoms with van der Waals surface area (Å²) in [7, 11) is 1.53. The largest absolute Gasteiger partial charge is 0.497 e. The number of nitrogens with zero attached hydrogens (tertiary/aromatic N) is 2. The summed E-state index contributed by atoms with van der Waals surface area (Å²) in [5, 5.41) is 6.62. The molecule has 0 fully saturated rings. The number of aromatic nitrogens is 2. The molecular formula is C17H21N5O4. The molecule has 0 aliphatic carbocycles. The van der Waals surface area contributed by atoms with E-state index in [1.165, 1.54) is 11.8 Å². The van der Waals surface area contributed by atoms with Gasteiger partial charge in [0.15, 0.2) is 0 Å². The number of hydrogen-bond donors (Lipinski definition) is 3. The third-order valence-corrected chi connectivity index (χ3v) is 3.50. The minimum atomic E-state index is -0.548. The highest BCUT2D eigenvalue weighted by atomic mass is 16.5. The first-order chi connectivity index (χ1) is 12.4. The lowest BCUT2D eigenvalue weighted by Gasteiger charge is -2.09. The van der Waals surface area contributed by atoms with Crippen LogP contribution < -0.4 is 20.9 Å². The lowest BCUT2D eigenvalue weighted by molar-refractivity contribution is -0.128. The number of methoxy groups -OCH3 is 1. The monoisotopic (exact) mass is 359 g/mol. The first-order valence-electron chi connectivity index (χ1n) is 7.90. The Morgan fingerprint density at radius 2 is 1.73 bits per heavy atom. The van der Waals surface area contributed by atoms with Gasteiger partial charge in [-0.15, -0.1) is 0 Å². The van der Waals surface area contributed by atoms with Crippen LogP contribution in [-0.2, 0) is 16.1 Å². The van der Waals surface area contributed by atoms with Crippen LogP contribution in [0.4, 0.5) is 0 Å². The van der Waals surface area contributed by atoms with Gasteiger partial charge < -0.3 is 10.1 Å². The Bertz CT molecular complexity index is 798. The molecule has 0 saturated carbocycles. The lowest BCUT2D eigenvalue weighted by atomic mass is 10.2. The van der Waals surface area contributed by atoms with Gasteiger partial charge in [-0.25, -0.2) is 0 Å². The van der Waals surface area contributed by atoms with Crippen LogP contribution in [0.5, 0.6) is 5.75 Å². The molecule has 1 aromatic heterocycles. The molecule has 0 bridgehead atoms. The van der Waals surface area contributed by atoms with E-state index in [9.17, 15) is 14.4 Å². The van der Waals surface area contributed by atoms with Gasteiger partial charge in [0.05, 0.1) is 19.3 Å². The van der Waals surface area contributed by atoms with Gasteiger partial charge in [-0.05, 0) is 44.2 Å². The van der Waals surface area contributed by atoms with Gasteiger partial charge in [-0.3, -0.25) is 29.9 Å². The highest BCUT2D eigenvalue weighted by molar-refractivity contribution is 5.96. The summed E-state index contributed by atoms with van der Waals surface area (Å²) in [5.41, 5.74) is 6.56. The number of rotatable bonds is 6. The van der Waals surface area contributed by atoms with Gasteiger partial charge in [0.25, 0.3) is 17.7 Å². The van der Waals surface area contributed by atoms with Gasteiger partial charge in [0.2, 0.25) is 0 Å². The second-order valence-electron chi connectivity index (χ2n) is 5.59. The van der Waals surface area contributed by atoms with Crippen LogP contribution in [0.1, 0.15) is 21.7 Å². The SMILES string of the molecule is COc1ccc(C(=O)NCC(=O)NNC(=O)Cn2nc(C)cc2C)cc1.